The fraction of sp³-hybridized carbons (Fsp3) is 0.250. The molecule has 1 rings (SSSR count). The Hall–Kier alpha value is -0.920. The van der Waals surface area contributed by atoms with E-state index in [2.05, 4.69) is 4.98 Å². The summed E-state index contributed by atoms with van der Waals surface area (Å²) in [7, 11) is 0. The number of hydrogen-bond donors (Lipinski definition) is 0. The van der Waals surface area contributed by atoms with Crippen LogP contribution in [0.4, 0.5) is 8.78 Å². The van der Waals surface area contributed by atoms with Gasteiger partial charge in [-0.1, -0.05) is 11.6 Å². The van der Waals surface area contributed by atoms with Gasteiger partial charge in [-0.25, -0.2) is 13.8 Å². The molecule has 0 fully saturated rings. The van der Waals surface area contributed by atoms with Crippen LogP contribution in [0.3, 0.4) is 0 Å². The third-order valence-electron chi connectivity index (χ3n) is 1.53. The Labute approximate surface area is 89.1 Å². The highest BCUT2D eigenvalue weighted by Gasteiger charge is 2.17. The lowest BCUT2D eigenvalue weighted by atomic mass is 10.2. The highest BCUT2D eigenvalue weighted by atomic mass is 35.5. The molecule has 0 N–H and O–H groups in total. The van der Waals surface area contributed by atoms with Gasteiger partial charge in [-0.3, -0.25) is 0 Å². The van der Waals surface area contributed by atoms with Crippen LogP contribution in [0.2, 0.25) is 5.02 Å². The van der Waals surface area contributed by atoms with Crippen molar-refractivity contribution < 1.29 is 8.78 Å². The van der Waals surface area contributed by atoms with Gasteiger partial charge in [0.05, 0.1) is 16.6 Å². The second-order valence-corrected chi connectivity index (χ2v) is 3.05. The minimum atomic E-state index is -2.74. The van der Waals surface area contributed by atoms with Crippen molar-refractivity contribution in [2.24, 2.45) is 0 Å². The van der Waals surface area contributed by atoms with Crippen LogP contribution in [0.25, 0.3) is 0 Å². The number of halogens is 4. The summed E-state index contributed by atoms with van der Waals surface area (Å²) in [4.78, 5) is 3.69. The Bertz CT molecular complexity index is 388. The van der Waals surface area contributed by atoms with E-state index in [-0.39, 0.29) is 22.3 Å². The number of pyridine rings is 1. The summed E-state index contributed by atoms with van der Waals surface area (Å²) < 4.78 is 24.8. The average Bonchev–Trinajstić information content (AvgIpc) is 2.17. The summed E-state index contributed by atoms with van der Waals surface area (Å²) in [6.07, 6.45) is -2.74. The van der Waals surface area contributed by atoms with Crippen molar-refractivity contribution in [1.82, 2.24) is 4.98 Å². The van der Waals surface area contributed by atoms with Crippen molar-refractivity contribution >= 4 is 23.2 Å². The monoisotopic (exact) mass is 236 g/mol. The molecule has 0 aliphatic heterocycles. The first-order chi connectivity index (χ1) is 6.60. The van der Waals surface area contributed by atoms with Crippen molar-refractivity contribution in [3.63, 3.8) is 0 Å². The van der Waals surface area contributed by atoms with E-state index in [0.29, 0.717) is 0 Å². The standard InChI is InChI=1S/C8H4Cl2F2N2/c9-2-6-7(10)5(8(11)12)1-4(3-13)14-6/h1,8H,2H2. The van der Waals surface area contributed by atoms with Gasteiger partial charge < -0.3 is 0 Å². The van der Waals surface area contributed by atoms with Crippen LogP contribution in [0, 0.1) is 11.3 Å². The van der Waals surface area contributed by atoms with E-state index in [9.17, 15) is 8.78 Å². The number of aromatic nitrogens is 1. The molecule has 0 saturated heterocycles. The largest absolute Gasteiger partial charge is 0.265 e. The minimum absolute atomic E-state index is 0.0997. The lowest BCUT2D eigenvalue weighted by molar-refractivity contribution is 0.151. The summed E-state index contributed by atoms with van der Waals surface area (Å²) in [5.74, 6) is -0.103. The van der Waals surface area contributed by atoms with Crippen LogP contribution in [0.15, 0.2) is 6.07 Å². The van der Waals surface area contributed by atoms with E-state index in [1.54, 1.807) is 6.07 Å². The molecule has 0 aliphatic carbocycles. The topological polar surface area (TPSA) is 36.7 Å². The molecule has 1 aromatic heterocycles. The molecule has 0 atom stereocenters. The third kappa shape index (κ3) is 2.11. The number of nitrogens with zero attached hydrogens (tertiary/aromatic N) is 2. The van der Waals surface area contributed by atoms with E-state index in [4.69, 9.17) is 28.5 Å². The lowest BCUT2D eigenvalue weighted by Crippen LogP contribution is -1.97. The van der Waals surface area contributed by atoms with Crippen LogP contribution in [0.5, 0.6) is 0 Å². The summed E-state index contributed by atoms with van der Waals surface area (Å²) in [5.41, 5.74) is -0.420. The molecule has 6 heteroatoms. The Balaban J connectivity index is 3.36. The average molecular weight is 237 g/mol. The van der Waals surface area contributed by atoms with Gasteiger partial charge in [0.15, 0.2) is 0 Å². The van der Waals surface area contributed by atoms with Gasteiger partial charge in [0.1, 0.15) is 11.8 Å². The van der Waals surface area contributed by atoms with Crippen molar-refractivity contribution in [1.29, 1.82) is 5.26 Å². The Kier molecular flexibility index (Phi) is 3.62. The maximum absolute atomic E-state index is 12.4. The van der Waals surface area contributed by atoms with Crippen LogP contribution in [-0.4, -0.2) is 4.98 Å². The summed E-state index contributed by atoms with van der Waals surface area (Å²) in [6, 6.07) is 2.62. The second kappa shape index (κ2) is 4.54. The van der Waals surface area contributed by atoms with Gasteiger partial charge in [-0.15, -0.1) is 11.6 Å². The number of rotatable bonds is 2. The zero-order valence-electron chi connectivity index (χ0n) is 6.77. The Morgan fingerprint density at radius 3 is 2.64 bits per heavy atom. The van der Waals surface area contributed by atoms with Crippen molar-refractivity contribution in [2.75, 3.05) is 0 Å². The first-order valence-corrected chi connectivity index (χ1v) is 4.45. The predicted octanol–water partition coefficient (Wildman–Crippen LogP) is 3.28. The molecule has 0 aromatic carbocycles. The zero-order chi connectivity index (χ0) is 10.7. The van der Waals surface area contributed by atoms with Crippen LogP contribution >= 0.6 is 23.2 Å². The summed E-state index contributed by atoms with van der Waals surface area (Å²) >= 11 is 11.0. The zero-order valence-corrected chi connectivity index (χ0v) is 8.28. The second-order valence-electron chi connectivity index (χ2n) is 2.40. The molecule has 0 amide bonds. The van der Waals surface area contributed by atoms with E-state index < -0.39 is 12.0 Å². The maximum Gasteiger partial charge on any atom is 0.265 e. The molecule has 0 spiro atoms. The van der Waals surface area contributed by atoms with Crippen LogP contribution in [0.1, 0.15) is 23.4 Å². The van der Waals surface area contributed by atoms with E-state index in [1.807, 2.05) is 0 Å². The molecule has 14 heavy (non-hydrogen) atoms. The minimum Gasteiger partial charge on any atom is -0.239 e. The van der Waals surface area contributed by atoms with E-state index >= 15 is 0 Å². The quantitative estimate of drug-likeness (QED) is 0.740. The summed E-state index contributed by atoms with van der Waals surface area (Å²) in [6.45, 7) is 0. The number of alkyl halides is 3. The molecule has 1 aromatic rings. The molecule has 0 saturated carbocycles. The van der Waals surface area contributed by atoms with Gasteiger partial charge in [0, 0.05) is 5.56 Å². The fourth-order valence-electron chi connectivity index (χ4n) is 0.909. The molecule has 1 heterocycles. The third-order valence-corrected chi connectivity index (χ3v) is 2.22. The molecular formula is C8H4Cl2F2N2. The number of nitriles is 1. The predicted molar refractivity (Wildman–Crippen MR) is 48.5 cm³/mol. The molecule has 2 nitrogen and oxygen atoms in total. The maximum atomic E-state index is 12.4. The molecule has 0 bridgehead atoms. The SMILES string of the molecule is N#Cc1cc(C(F)F)c(Cl)c(CCl)n1. The van der Waals surface area contributed by atoms with E-state index in [1.165, 1.54) is 0 Å². The van der Waals surface area contributed by atoms with Crippen LogP contribution < -0.4 is 0 Å². The smallest absolute Gasteiger partial charge is 0.239 e. The van der Waals surface area contributed by atoms with Crippen LogP contribution in [-0.2, 0) is 5.88 Å². The number of hydrogen-bond acceptors (Lipinski definition) is 2. The fourth-order valence-corrected chi connectivity index (χ4v) is 1.42. The highest BCUT2D eigenvalue weighted by Crippen LogP contribution is 2.30. The first-order valence-electron chi connectivity index (χ1n) is 3.53. The van der Waals surface area contributed by atoms with Gasteiger partial charge in [0.25, 0.3) is 6.43 Å². The Morgan fingerprint density at radius 2 is 2.21 bits per heavy atom. The molecule has 0 unspecified atom stereocenters. The molecule has 0 aliphatic rings. The molecule has 74 valence electrons. The first kappa shape index (κ1) is 11.2. The summed E-state index contributed by atoms with van der Waals surface area (Å²) in [5, 5.41) is 8.34. The molecular weight excluding hydrogens is 233 g/mol. The normalized spacial score (nSPS) is 10.3. The van der Waals surface area contributed by atoms with Gasteiger partial charge in [-0.05, 0) is 6.07 Å². The van der Waals surface area contributed by atoms with Crippen molar-refractivity contribution in [3.8, 4) is 6.07 Å². The molecule has 0 radical (unpaired) electrons. The van der Waals surface area contributed by atoms with E-state index in [0.717, 1.165) is 6.07 Å². The van der Waals surface area contributed by atoms with Crippen molar-refractivity contribution in [3.05, 3.63) is 28.0 Å². The highest BCUT2D eigenvalue weighted by molar-refractivity contribution is 6.32. The van der Waals surface area contributed by atoms with Gasteiger partial charge >= 0.3 is 0 Å². The Morgan fingerprint density at radius 1 is 1.57 bits per heavy atom. The lowest BCUT2D eigenvalue weighted by Gasteiger charge is -2.06. The van der Waals surface area contributed by atoms with Gasteiger partial charge in [-0.2, -0.15) is 5.26 Å². The van der Waals surface area contributed by atoms with Gasteiger partial charge in [0.2, 0.25) is 0 Å². The van der Waals surface area contributed by atoms with Crippen molar-refractivity contribution in [2.45, 2.75) is 12.3 Å².